The molecule has 0 radical (unpaired) electrons. The lowest BCUT2D eigenvalue weighted by molar-refractivity contribution is -0.272. The minimum atomic E-state index is -5.08. The number of thioether (sulfide) groups is 1. The van der Waals surface area contributed by atoms with Crippen LogP contribution in [0.1, 0.15) is 111 Å². The van der Waals surface area contributed by atoms with Gasteiger partial charge in [-0.25, -0.2) is 28.8 Å². The minimum Gasteiger partial charge on any atom is -0.475 e. The molecule has 14 atom stereocenters. The Kier molecular flexibility index (Phi) is 31.8. The first-order valence-corrected chi connectivity index (χ1v) is 34.6. The number of halogens is 12. The zero-order valence-electron chi connectivity index (χ0n) is 56.5. The smallest absolute Gasteiger partial charge is 0.475 e. The molecule has 0 bridgehead atoms. The van der Waals surface area contributed by atoms with Crippen molar-refractivity contribution >= 4 is 65.5 Å². The normalized spacial score (nSPS) is 30.9. The number of alkyl halides is 12. The van der Waals surface area contributed by atoms with Gasteiger partial charge in [-0.15, -0.1) is 0 Å². The monoisotopic (exact) mass is 1490 g/mol. The number of hydrogen-bond acceptors (Lipinski definition) is 17. The molecule has 6 amide bonds. The van der Waals surface area contributed by atoms with Crippen LogP contribution >= 0.6 is 11.8 Å². The highest BCUT2D eigenvalue weighted by Gasteiger charge is 2.69. The Balaban J connectivity index is 0.000000551. The Morgan fingerprint density at radius 1 is 0.703 bits per heavy atom. The number of fused-ring (bicyclic) bond motifs is 8. The van der Waals surface area contributed by atoms with Gasteiger partial charge in [-0.2, -0.15) is 64.4 Å². The van der Waals surface area contributed by atoms with Gasteiger partial charge in [0, 0.05) is 115 Å². The van der Waals surface area contributed by atoms with Crippen molar-refractivity contribution in [3.05, 3.63) is 11.6 Å². The van der Waals surface area contributed by atoms with Crippen LogP contribution in [0.5, 0.6) is 0 Å². The quantitative estimate of drug-likeness (QED) is 0.0373. The number of ether oxygens (including phenoxy) is 3. The lowest BCUT2D eigenvalue weighted by atomic mass is 9.47. The van der Waals surface area contributed by atoms with Crippen LogP contribution < -0.4 is 42.5 Å². The van der Waals surface area contributed by atoms with E-state index in [9.17, 15) is 76.7 Å². The van der Waals surface area contributed by atoms with Crippen LogP contribution in [-0.4, -0.2) is 248 Å². The van der Waals surface area contributed by atoms with Crippen molar-refractivity contribution in [3.8, 4) is 0 Å². The average Bonchev–Trinajstić information content (AvgIpc) is 1.56. The molecule has 8 fully saturated rings. The number of nitrogens with zero attached hydrogens (tertiary/aromatic N) is 2. The van der Waals surface area contributed by atoms with Gasteiger partial charge in [0.15, 0.2) is 5.79 Å². The lowest BCUT2D eigenvalue weighted by Gasteiger charge is -2.58. The number of carboxylic acid groups (broad SMARTS) is 4. The molecular formula is C62H94F12N10O16S. The number of rotatable bonds is 16. The van der Waals surface area contributed by atoms with Crippen molar-refractivity contribution in [2.75, 3.05) is 104 Å². The number of carbonyl (C=O) groups excluding carboxylic acids is 5. The number of alkyl carbamates (subject to hydrolysis) is 1. The second kappa shape index (κ2) is 37.5. The van der Waals surface area contributed by atoms with Crippen LogP contribution in [0, 0.1) is 46.3 Å². The first kappa shape index (κ1) is 85.5. The third-order valence-electron chi connectivity index (χ3n) is 20.3. The summed E-state index contributed by atoms with van der Waals surface area (Å²) in [5.41, 5.74) is 1.84. The Morgan fingerprint density at radius 2 is 1.26 bits per heavy atom. The first-order chi connectivity index (χ1) is 47.0. The second-order valence-electron chi connectivity index (χ2n) is 27.1. The molecule has 39 heteroatoms. The van der Waals surface area contributed by atoms with Gasteiger partial charge in [-0.3, -0.25) is 19.3 Å². The number of unbranched alkanes of at least 4 members (excludes halogenated alkanes) is 1. The van der Waals surface area contributed by atoms with Crippen molar-refractivity contribution in [3.63, 3.8) is 0 Å². The number of carboxylic acids is 4. The molecule has 9 aliphatic rings. The summed E-state index contributed by atoms with van der Waals surface area (Å²) in [6, 6.07) is 0.157. The van der Waals surface area contributed by atoms with Gasteiger partial charge in [0.25, 0.3) is 0 Å². The summed E-state index contributed by atoms with van der Waals surface area (Å²) in [5.74, 6) is -7.64. The molecular weight excluding hydrogens is 1400 g/mol. The summed E-state index contributed by atoms with van der Waals surface area (Å²) in [4.78, 5) is 104. The zero-order valence-corrected chi connectivity index (χ0v) is 57.3. The van der Waals surface area contributed by atoms with Crippen molar-refractivity contribution in [2.45, 2.75) is 171 Å². The number of amides is 6. The van der Waals surface area contributed by atoms with Crippen LogP contribution in [0.25, 0.3) is 0 Å². The standard InChI is InChI=1S/C54H90N10O8S.4C2HF3O2/c1-35-11-16-54(70-33-35)36(2)48-43(72-54)30-41-39-10-9-37-29-38(12-14-52(37,3)40(39)13-15-53(41,48)4)71-51(69)60-22-21-58-46(66)32-64(47(67)8-6-5-7-44-49-42(34-73-44)61-50(68)62-49)28-25-59-45(65)31-63-26-23-56-19-17-55-18-20-57-24-27-63;4*3-2(4,5)1(6)7/h9,35-36,38-44,48-49,55-57H,5-8,10-34H2,1-4H3,(H,58,66)(H,59,65)(H,60,69)(H2,61,62,68);4*(H,6,7)/t35-,36+,38+,39-,40+,41+,42+,43+,44+,48+,49+,52+,53+,54-;;;;/m1..../s1. The SMILES string of the molecule is C[C@@H]1CC[C@@]2(OC1)O[C@H]1C[C@H]3[C@@H]4CC=C5C[C@@H](OC(=O)NCCNC(=O)CN(CCNC(=O)CN6CCNCCNCCNCC6)C(=O)CCCC[C@@H]6SC[C@@H]7NC(=O)N[C@@H]76)CC[C@]5(C)[C@H]4CC[C@]3(C)[C@H]1[C@@H]2C.O=C(O)C(F)(F)F.O=C(O)C(F)(F)F.O=C(O)C(F)(F)F.O=C(O)C(F)(F)F. The molecule has 26 nitrogen and oxygen atoms in total. The number of allylic oxidation sites excluding steroid dienone is 1. The third-order valence-corrected chi connectivity index (χ3v) is 21.8. The molecule has 5 saturated heterocycles. The summed E-state index contributed by atoms with van der Waals surface area (Å²) in [7, 11) is 0. The highest BCUT2D eigenvalue weighted by Crippen LogP contribution is 2.70. The Bertz CT molecular complexity index is 2730. The molecule has 578 valence electrons. The first-order valence-electron chi connectivity index (χ1n) is 33.5. The maximum atomic E-state index is 13.7. The summed E-state index contributed by atoms with van der Waals surface area (Å²) < 4.78 is 147. The molecule has 9 rings (SSSR count). The van der Waals surface area contributed by atoms with Crippen molar-refractivity contribution in [1.29, 1.82) is 0 Å². The molecule has 0 aromatic rings. The van der Waals surface area contributed by atoms with Gasteiger partial charge < -0.3 is 82.1 Å². The van der Waals surface area contributed by atoms with Gasteiger partial charge in [-0.05, 0) is 98.2 Å². The molecule has 0 unspecified atom stereocenters. The molecule has 5 heterocycles. The predicted molar refractivity (Wildman–Crippen MR) is 336 cm³/mol. The Labute approximate surface area is 579 Å². The van der Waals surface area contributed by atoms with E-state index < -0.39 is 54.7 Å². The van der Waals surface area contributed by atoms with Crippen molar-refractivity contribution < 1.29 is 130 Å². The Hall–Kier alpha value is -6.16. The van der Waals surface area contributed by atoms with Crippen molar-refractivity contribution in [2.24, 2.45) is 46.3 Å². The van der Waals surface area contributed by atoms with E-state index in [0.717, 1.165) is 116 Å². The predicted octanol–water partition coefficient (Wildman–Crippen LogP) is 5.85. The molecule has 0 aromatic heterocycles. The van der Waals surface area contributed by atoms with Crippen LogP contribution in [0.2, 0.25) is 0 Å². The topological polar surface area (TPSA) is 365 Å². The van der Waals surface area contributed by atoms with Crippen LogP contribution in [-0.2, 0) is 47.8 Å². The van der Waals surface area contributed by atoms with Gasteiger partial charge in [0.1, 0.15) is 6.10 Å². The van der Waals surface area contributed by atoms with Crippen LogP contribution in [0.15, 0.2) is 11.6 Å². The Morgan fingerprint density at radius 3 is 1.81 bits per heavy atom. The maximum Gasteiger partial charge on any atom is 0.490 e. The minimum absolute atomic E-state index is 0.110. The van der Waals surface area contributed by atoms with E-state index in [1.807, 2.05) is 11.8 Å². The fourth-order valence-electron chi connectivity index (χ4n) is 15.3. The number of urea groups is 1. The van der Waals surface area contributed by atoms with E-state index in [1.165, 1.54) is 29.7 Å². The van der Waals surface area contributed by atoms with E-state index in [0.29, 0.717) is 47.2 Å². The second-order valence-corrected chi connectivity index (χ2v) is 28.4. The molecule has 3 saturated carbocycles. The fourth-order valence-corrected chi connectivity index (χ4v) is 16.9. The van der Waals surface area contributed by atoms with E-state index >= 15 is 0 Å². The maximum absolute atomic E-state index is 13.7. The fraction of sp³-hybridized carbons (Fsp3) is 0.823. The van der Waals surface area contributed by atoms with Crippen LogP contribution in [0.4, 0.5) is 62.3 Å². The number of nitrogens with one attached hydrogen (secondary N) is 8. The average molecular weight is 1500 g/mol. The van der Waals surface area contributed by atoms with Crippen LogP contribution in [0.3, 0.4) is 0 Å². The molecule has 101 heavy (non-hydrogen) atoms. The van der Waals surface area contributed by atoms with Gasteiger partial charge in [0.2, 0.25) is 17.7 Å². The van der Waals surface area contributed by atoms with Gasteiger partial charge in [-0.1, -0.05) is 45.8 Å². The third kappa shape index (κ3) is 25.3. The summed E-state index contributed by atoms with van der Waals surface area (Å²) in [6.07, 6.45) is -6.03. The molecule has 4 aliphatic carbocycles. The summed E-state index contributed by atoms with van der Waals surface area (Å²) in [5, 5.41) is 53.8. The van der Waals surface area contributed by atoms with E-state index in [4.69, 9.17) is 53.8 Å². The zero-order chi connectivity index (χ0) is 75.5. The highest BCUT2D eigenvalue weighted by atomic mass is 32.2. The highest BCUT2D eigenvalue weighted by molar-refractivity contribution is 8.00. The molecule has 5 aliphatic heterocycles. The van der Waals surface area contributed by atoms with Gasteiger partial charge in [0.05, 0.1) is 37.9 Å². The molecule has 12 N–H and O–H groups in total. The number of aliphatic carboxylic acids is 4. The largest absolute Gasteiger partial charge is 0.490 e. The van der Waals surface area contributed by atoms with Gasteiger partial charge >= 0.3 is 60.7 Å². The molecule has 0 aromatic carbocycles. The van der Waals surface area contributed by atoms with Crippen molar-refractivity contribution in [1.82, 2.24) is 52.3 Å². The molecule has 1 spiro atoms. The van der Waals surface area contributed by atoms with E-state index in [-0.39, 0.29) is 110 Å². The summed E-state index contributed by atoms with van der Waals surface area (Å²) in [6.45, 7) is 18.0. The lowest BCUT2D eigenvalue weighted by Crippen LogP contribution is -2.52. The number of carbonyl (C=O) groups is 9. The number of hydrogen-bond donors (Lipinski definition) is 12. The summed E-state index contributed by atoms with van der Waals surface area (Å²) >= 11 is 1.85. The van der Waals surface area contributed by atoms with E-state index in [1.54, 1.807) is 0 Å². The van der Waals surface area contributed by atoms with E-state index in [2.05, 4.69) is 81.2 Å².